The molecule has 1 heterocycles. The molecule has 0 atom stereocenters. The minimum Gasteiger partial charge on any atom is -0.335 e. The molecule has 1 N–H and O–H groups in total. The Balaban J connectivity index is 2.20. The Hall–Kier alpha value is -2.81. The average Bonchev–Trinajstić information content (AvgIpc) is 2.55. The number of halogens is 2. The lowest BCUT2D eigenvalue weighted by molar-refractivity contribution is -0.132. The van der Waals surface area contributed by atoms with Crippen molar-refractivity contribution in [2.75, 3.05) is 27.2 Å². The van der Waals surface area contributed by atoms with E-state index in [1.165, 1.54) is 17.2 Å². The zero-order valence-electron chi connectivity index (χ0n) is 14.5. The molecule has 0 bridgehead atoms. The molecule has 0 aliphatic carbocycles. The number of benzene rings is 1. The van der Waals surface area contributed by atoms with E-state index in [-0.39, 0.29) is 18.7 Å². The largest absolute Gasteiger partial charge is 0.335 e. The van der Waals surface area contributed by atoms with Crippen molar-refractivity contribution < 1.29 is 13.6 Å². The third-order valence-corrected chi connectivity index (χ3v) is 3.75. The van der Waals surface area contributed by atoms with Crippen LogP contribution < -0.4 is 11.2 Å². The Bertz CT molecular complexity index is 892. The molecule has 0 fully saturated rings. The highest BCUT2D eigenvalue weighted by atomic mass is 19.1. The molecule has 1 amide bonds. The van der Waals surface area contributed by atoms with Crippen molar-refractivity contribution in [1.29, 1.82) is 0 Å². The van der Waals surface area contributed by atoms with Crippen molar-refractivity contribution in [3.05, 3.63) is 68.5 Å². The number of hydrogen-bond acceptors (Lipinski definition) is 4. The van der Waals surface area contributed by atoms with Crippen LogP contribution in [-0.4, -0.2) is 52.4 Å². The van der Waals surface area contributed by atoms with Gasteiger partial charge in [-0.3, -0.25) is 19.1 Å². The highest BCUT2D eigenvalue weighted by molar-refractivity contribution is 5.76. The smallest absolute Gasteiger partial charge is 0.328 e. The van der Waals surface area contributed by atoms with Gasteiger partial charge in [0.1, 0.15) is 18.2 Å². The molecule has 140 valence electrons. The molecule has 7 nitrogen and oxygen atoms in total. The van der Waals surface area contributed by atoms with Crippen LogP contribution in [0.3, 0.4) is 0 Å². The number of amides is 1. The Labute approximate surface area is 148 Å². The summed E-state index contributed by atoms with van der Waals surface area (Å²) >= 11 is 0. The number of H-pyrrole nitrogens is 1. The predicted molar refractivity (Wildman–Crippen MR) is 91.7 cm³/mol. The van der Waals surface area contributed by atoms with Gasteiger partial charge in [-0.05, 0) is 20.2 Å². The van der Waals surface area contributed by atoms with E-state index in [2.05, 4.69) is 4.98 Å². The zero-order valence-corrected chi connectivity index (χ0v) is 14.5. The van der Waals surface area contributed by atoms with Gasteiger partial charge < -0.3 is 9.80 Å². The van der Waals surface area contributed by atoms with Gasteiger partial charge in [-0.25, -0.2) is 13.6 Å². The van der Waals surface area contributed by atoms with Crippen LogP contribution in [0.4, 0.5) is 8.78 Å². The first-order valence-corrected chi connectivity index (χ1v) is 7.92. The van der Waals surface area contributed by atoms with Gasteiger partial charge in [-0.2, -0.15) is 0 Å². The van der Waals surface area contributed by atoms with E-state index in [1.807, 2.05) is 19.0 Å². The summed E-state index contributed by atoms with van der Waals surface area (Å²) in [6.45, 7) is 0.457. The van der Waals surface area contributed by atoms with Crippen molar-refractivity contribution in [3.63, 3.8) is 0 Å². The quantitative estimate of drug-likeness (QED) is 0.770. The minimum atomic E-state index is -0.742. The second-order valence-corrected chi connectivity index (χ2v) is 6.09. The molecular weight excluding hydrogens is 346 g/mol. The molecule has 0 radical (unpaired) electrons. The summed E-state index contributed by atoms with van der Waals surface area (Å²) in [5.74, 6) is -1.87. The maximum Gasteiger partial charge on any atom is 0.328 e. The van der Waals surface area contributed by atoms with Crippen molar-refractivity contribution >= 4 is 5.91 Å². The fraction of sp³-hybridized carbons (Fsp3) is 0.353. The van der Waals surface area contributed by atoms with Gasteiger partial charge in [0.25, 0.3) is 5.56 Å². The van der Waals surface area contributed by atoms with Crippen molar-refractivity contribution in [2.45, 2.75) is 13.1 Å². The second kappa shape index (κ2) is 8.52. The van der Waals surface area contributed by atoms with Crippen molar-refractivity contribution in [2.24, 2.45) is 0 Å². The lowest BCUT2D eigenvalue weighted by Gasteiger charge is -2.25. The predicted octanol–water partition coefficient (Wildman–Crippen LogP) is 0.405. The van der Waals surface area contributed by atoms with Crippen molar-refractivity contribution in [1.82, 2.24) is 19.4 Å². The summed E-state index contributed by atoms with van der Waals surface area (Å²) in [5.41, 5.74) is -1.09. The van der Waals surface area contributed by atoms with E-state index in [0.29, 0.717) is 13.1 Å². The molecular formula is C17H20F2N4O3. The fourth-order valence-corrected chi connectivity index (χ4v) is 2.28. The van der Waals surface area contributed by atoms with Crippen molar-refractivity contribution in [3.8, 4) is 0 Å². The SMILES string of the molecule is CN(C)CCN(Cc1ccc(F)cc1F)C(=O)Cn1ccc(=O)[nH]c1=O. The summed E-state index contributed by atoms with van der Waals surface area (Å²) in [6.07, 6.45) is 1.22. The van der Waals surface area contributed by atoms with Gasteiger partial charge in [0.15, 0.2) is 0 Å². The molecule has 0 aliphatic heterocycles. The Morgan fingerprint density at radius 2 is 1.88 bits per heavy atom. The van der Waals surface area contributed by atoms with Crippen LogP contribution in [-0.2, 0) is 17.9 Å². The number of aromatic nitrogens is 2. The third kappa shape index (κ3) is 5.35. The molecule has 0 unspecified atom stereocenters. The fourth-order valence-electron chi connectivity index (χ4n) is 2.28. The highest BCUT2D eigenvalue weighted by Gasteiger charge is 2.17. The number of nitrogens with zero attached hydrogens (tertiary/aromatic N) is 3. The summed E-state index contributed by atoms with van der Waals surface area (Å²) < 4.78 is 28.1. The first kappa shape index (κ1) is 19.5. The number of carbonyl (C=O) groups is 1. The van der Waals surface area contributed by atoms with E-state index >= 15 is 0 Å². The van der Waals surface area contributed by atoms with Crippen LogP contribution in [0.15, 0.2) is 40.1 Å². The molecule has 0 spiro atoms. The number of rotatable bonds is 7. The molecule has 2 aromatic rings. The molecule has 9 heteroatoms. The molecule has 2 rings (SSSR count). The van der Waals surface area contributed by atoms with E-state index in [0.717, 1.165) is 22.8 Å². The monoisotopic (exact) mass is 366 g/mol. The number of likely N-dealkylation sites (N-methyl/N-ethyl adjacent to an activating group) is 1. The van der Waals surface area contributed by atoms with E-state index in [1.54, 1.807) is 0 Å². The molecule has 0 saturated heterocycles. The van der Waals surface area contributed by atoms with Gasteiger partial charge in [-0.15, -0.1) is 0 Å². The first-order valence-electron chi connectivity index (χ1n) is 7.92. The highest BCUT2D eigenvalue weighted by Crippen LogP contribution is 2.12. The standard InChI is InChI=1S/C17H20F2N4O3/c1-21(2)7-8-22(10-12-3-4-13(18)9-14(12)19)16(25)11-23-6-5-15(24)20-17(23)26/h3-6,9H,7-8,10-11H2,1-2H3,(H,20,24,26). The van der Waals surface area contributed by atoms with Crippen LogP contribution in [0.2, 0.25) is 0 Å². The lowest BCUT2D eigenvalue weighted by atomic mass is 10.2. The zero-order chi connectivity index (χ0) is 19.3. The molecule has 0 aliphatic rings. The van der Waals surface area contributed by atoms with Gasteiger partial charge in [-0.1, -0.05) is 6.07 Å². The van der Waals surface area contributed by atoms with E-state index in [4.69, 9.17) is 0 Å². The van der Waals surface area contributed by atoms with E-state index in [9.17, 15) is 23.2 Å². The summed E-state index contributed by atoms with van der Waals surface area (Å²) in [5, 5.41) is 0. The number of carbonyl (C=O) groups excluding carboxylic acids is 1. The topological polar surface area (TPSA) is 78.4 Å². The third-order valence-electron chi connectivity index (χ3n) is 3.75. The normalized spacial score (nSPS) is 11.0. The van der Waals surface area contributed by atoms with Gasteiger partial charge >= 0.3 is 5.69 Å². The maximum atomic E-state index is 13.9. The van der Waals surface area contributed by atoms with Crippen LogP contribution >= 0.6 is 0 Å². The Morgan fingerprint density at radius 1 is 1.15 bits per heavy atom. The molecule has 1 aromatic carbocycles. The average molecular weight is 366 g/mol. The van der Waals surface area contributed by atoms with Crippen LogP contribution in [0.25, 0.3) is 0 Å². The summed E-state index contributed by atoms with van der Waals surface area (Å²) in [4.78, 5) is 40.8. The van der Waals surface area contributed by atoms with Gasteiger partial charge in [0, 0.05) is 43.5 Å². The molecule has 0 saturated carbocycles. The van der Waals surface area contributed by atoms with Gasteiger partial charge in [0.05, 0.1) is 0 Å². The summed E-state index contributed by atoms with van der Waals surface area (Å²) in [7, 11) is 3.65. The minimum absolute atomic E-state index is 0.0586. The molecule has 1 aromatic heterocycles. The number of aromatic amines is 1. The summed E-state index contributed by atoms with van der Waals surface area (Å²) in [6, 6.07) is 4.31. The Kier molecular flexibility index (Phi) is 6.40. The second-order valence-electron chi connectivity index (χ2n) is 6.09. The van der Waals surface area contributed by atoms with E-state index < -0.39 is 28.8 Å². The molecule has 26 heavy (non-hydrogen) atoms. The van der Waals surface area contributed by atoms with Gasteiger partial charge in [0.2, 0.25) is 5.91 Å². The number of hydrogen-bond donors (Lipinski definition) is 1. The Morgan fingerprint density at radius 3 is 2.50 bits per heavy atom. The number of nitrogens with one attached hydrogen (secondary N) is 1. The van der Waals surface area contributed by atoms with Crippen LogP contribution in [0.1, 0.15) is 5.56 Å². The lowest BCUT2D eigenvalue weighted by Crippen LogP contribution is -2.40. The van der Waals surface area contributed by atoms with Crippen LogP contribution in [0.5, 0.6) is 0 Å². The maximum absolute atomic E-state index is 13.9. The van der Waals surface area contributed by atoms with Crippen LogP contribution in [0, 0.1) is 11.6 Å². The first-order chi connectivity index (χ1) is 12.3.